The summed E-state index contributed by atoms with van der Waals surface area (Å²) in [4.78, 5) is 2.48. The van der Waals surface area contributed by atoms with Gasteiger partial charge < -0.3 is 15.2 Å². The van der Waals surface area contributed by atoms with Gasteiger partial charge in [-0.25, -0.2) is 0 Å². The number of hydrogen-bond donors (Lipinski definition) is 1. The average Bonchev–Trinajstić information content (AvgIpc) is 3.02. The van der Waals surface area contributed by atoms with E-state index in [4.69, 9.17) is 15.2 Å². The smallest absolute Gasteiger partial charge is 0.127 e. The lowest BCUT2D eigenvalue weighted by Gasteiger charge is -2.23. The van der Waals surface area contributed by atoms with E-state index in [0.717, 1.165) is 44.1 Å². The molecule has 3 rings (SSSR count). The Labute approximate surface area is 127 Å². The van der Waals surface area contributed by atoms with E-state index < -0.39 is 0 Å². The van der Waals surface area contributed by atoms with Crippen molar-refractivity contribution in [2.75, 3.05) is 26.7 Å². The SMILES string of the molecule is COc1cc2c(c(CN3CCC(C)(CN)C3)c1)OC(C)C2. The first-order valence-electron chi connectivity index (χ1n) is 7.82. The second-order valence-electron chi connectivity index (χ2n) is 6.88. The van der Waals surface area contributed by atoms with Crippen LogP contribution in [-0.2, 0) is 13.0 Å². The van der Waals surface area contributed by atoms with Crippen molar-refractivity contribution in [3.63, 3.8) is 0 Å². The lowest BCUT2D eigenvalue weighted by molar-refractivity contribution is 0.241. The second kappa shape index (κ2) is 5.50. The van der Waals surface area contributed by atoms with Crippen LogP contribution in [-0.4, -0.2) is 37.7 Å². The van der Waals surface area contributed by atoms with E-state index >= 15 is 0 Å². The summed E-state index contributed by atoms with van der Waals surface area (Å²) < 4.78 is 11.5. The summed E-state index contributed by atoms with van der Waals surface area (Å²) in [6, 6.07) is 4.23. The summed E-state index contributed by atoms with van der Waals surface area (Å²) >= 11 is 0. The Balaban J connectivity index is 1.81. The molecule has 1 aromatic rings. The largest absolute Gasteiger partial charge is 0.497 e. The maximum Gasteiger partial charge on any atom is 0.127 e. The first-order valence-corrected chi connectivity index (χ1v) is 7.82. The molecule has 21 heavy (non-hydrogen) atoms. The number of nitrogens with two attached hydrogens (primary N) is 1. The van der Waals surface area contributed by atoms with Gasteiger partial charge in [-0.2, -0.15) is 0 Å². The summed E-state index contributed by atoms with van der Waals surface area (Å²) in [5.74, 6) is 2.01. The molecule has 4 heteroatoms. The third-order valence-corrected chi connectivity index (χ3v) is 4.80. The van der Waals surface area contributed by atoms with Crippen LogP contribution in [0.4, 0.5) is 0 Å². The zero-order valence-corrected chi connectivity index (χ0v) is 13.3. The van der Waals surface area contributed by atoms with Gasteiger partial charge in [-0.1, -0.05) is 6.92 Å². The fraction of sp³-hybridized carbons (Fsp3) is 0.647. The van der Waals surface area contributed by atoms with Gasteiger partial charge >= 0.3 is 0 Å². The first kappa shape index (κ1) is 14.7. The van der Waals surface area contributed by atoms with E-state index in [1.807, 2.05) is 0 Å². The summed E-state index contributed by atoms with van der Waals surface area (Å²) in [5.41, 5.74) is 8.69. The van der Waals surface area contributed by atoms with Crippen molar-refractivity contribution in [1.29, 1.82) is 0 Å². The summed E-state index contributed by atoms with van der Waals surface area (Å²) in [6.07, 6.45) is 2.41. The maximum absolute atomic E-state index is 6.02. The van der Waals surface area contributed by atoms with Crippen LogP contribution >= 0.6 is 0 Å². The van der Waals surface area contributed by atoms with Gasteiger partial charge in [0.1, 0.15) is 17.6 Å². The Hall–Kier alpha value is -1.26. The maximum atomic E-state index is 6.02. The molecule has 0 saturated carbocycles. The van der Waals surface area contributed by atoms with E-state index in [2.05, 4.69) is 30.9 Å². The quantitative estimate of drug-likeness (QED) is 0.923. The highest BCUT2D eigenvalue weighted by Gasteiger charge is 2.33. The molecule has 116 valence electrons. The molecule has 2 atom stereocenters. The lowest BCUT2D eigenvalue weighted by Crippen LogP contribution is -2.31. The Morgan fingerprint density at radius 2 is 2.29 bits per heavy atom. The van der Waals surface area contributed by atoms with Crippen LogP contribution in [0.15, 0.2) is 12.1 Å². The Morgan fingerprint density at radius 1 is 1.48 bits per heavy atom. The predicted octanol–water partition coefficient (Wildman–Crippen LogP) is 2.19. The molecule has 2 aliphatic heterocycles. The lowest BCUT2D eigenvalue weighted by atomic mass is 9.90. The molecule has 4 nitrogen and oxygen atoms in total. The van der Waals surface area contributed by atoms with Gasteiger partial charge in [-0.3, -0.25) is 4.90 Å². The standard InChI is InChI=1S/C17H26N2O2/c1-12-6-13-7-15(20-3)8-14(16(13)21-12)9-19-5-4-17(2,10-18)11-19/h7-8,12H,4-6,9-11,18H2,1-3H3. The minimum atomic E-state index is 0.260. The van der Waals surface area contributed by atoms with Crippen LogP contribution in [0.5, 0.6) is 11.5 Å². The Morgan fingerprint density at radius 3 is 2.95 bits per heavy atom. The van der Waals surface area contributed by atoms with E-state index in [-0.39, 0.29) is 11.5 Å². The van der Waals surface area contributed by atoms with E-state index in [1.54, 1.807) is 7.11 Å². The molecule has 1 fully saturated rings. The molecule has 0 amide bonds. The topological polar surface area (TPSA) is 47.7 Å². The van der Waals surface area contributed by atoms with Crippen molar-refractivity contribution >= 4 is 0 Å². The van der Waals surface area contributed by atoms with Crippen molar-refractivity contribution in [3.05, 3.63) is 23.3 Å². The molecule has 0 bridgehead atoms. The molecule has 0 aliphatic carbocycles. The number of methoxy groups -OCH3 is 1. The van der Waals surface area contributed by atoms with Crippen LogP contribution in [0.1, 0.15) is 31.4 Å². The van der Waals surface area contributed by atoms with Crippen LogP contribution < -0.4 is 15.2 Å². The van der Waals surface area contributed by atoms with Gasteiger partial charge in [-0.05, 0) is 44.0 Å². The molecule has 2 heterocycles. The Kier molecular flexibility index (Phi) is 3.84. The summed E-state index contributed by atoms with van der Waals surface area (Å²) in [7, 11) is 1.73. The van der Waals surface area contributed by atoms with E-state index in [1.165, 1.54) is 17.5 Å². The average molecular weight is 290 g/mol. The number of hydrogen-bond acceptors (Lipinski definition) is 4. The predicted molar refractivity (Wildman–Crippen MR) is 83.8 cm³/mol. The summed E-state index contributed by atoms with van der Waals surface area (Å²) in [6.45, 7) is 8.24. The molecule has 2 N–H and O–H groups in total. The van der Waals surface area contributed by atoms with Crippen molar-refractivity contribution in [2.45, 2.75) is 39.3 Å². The molecule has 0 radical (unpaired) electrons. The number of ether oxygens (including phenoxy) is 2. The monoisotopic (exact) mass is 290 g/mol. The van der Waals surface area contributed by atoms with Gasteiger partial charge in [-0.15, -0.1) is 0 Å². The first-order chi connectivity index (χ1) is 10.0. The third-order valence-electron chi connectivity index (χ3n) is 4.80. The van der Waals surface area contributed by atoms with Crippen molar-refractivity contribution < 1.29 is 9.47 Å². The molecule has 0 aromatic heterocycles. The van der Waals surface area contributed by atoms with Crippen LogP contribution in [0, 0.1) is 5.41 Å². The number of nitrogens with zero attached hydrogens (tertiary/aromatic N) is 1. The van der Waals surface area contributed by atoms with Gasteiger partial charge in [0.05, 0.1) is 7.11 Å². The number of rotatable bonds is 4. The zero-order chi connectivity index (χ0) is 15.0. The number of fused-ring (bicyclic) bond motifs is 1. The molecule has 2 aliphatic rings. The van der Waals surface area contributed by atoms with E-state index in [0.29, 0.717) is 0 Å². The third kappa shape index (κ3) is 2.87. The van der Waals surface area contributed by atoms with Crippen molar-refractivity contribution in [3.8, 4) is 11.5 Å². The van der Waals surface area contributed by atoms with Crippen LogP contribution in [0.2, 0.25) is 0 Å². The second-order valence-corrected chi connectivity index (χ2v) is 6.88. The van der Waals surface area contributed by atoms with Crippen molar-refractivity contribution in [2.24, 2.45) is 11.1 Å². The normalized spacial score (nSPS) is 28.5. The van der Waals surface area contributed by atoms with Gasteiger partial charge in [0.2, 0.25) is 0 Å². The highest BCUT2D eigenvalue weighted by molar-refractivity contribution is 5.49. The highest BCUT2D eigenvalue weighted by Crippen LogP contribution is 2.38. The van der Waals surface area contributed by atoms with Crippen molar-refractivity contribution in [1.82, 2.24) is 4.90 Å². The summed E-state index contributed by atoms with van der Waals surface area (Å²) in [5, 5.41) is 0. The minimum Gasteiger partial charge on any atom is -0.497 e. The molecule has 0 spiro atoms. The number of benzene rings is 1. The van der Waals surface area contributed by atoms with Gasteiger partial charge in [0, 0.05) is 30.6 Å². The molecule has 1 saturated heterocycles. The molecular weight excluding hydrogens is 264 g/mol. The van der Waals surface area contributed by atoms with Gasteiger partial charge in [0.15, 0.2) is 0 Å². The molecule has 2 unspecified atom stereocenters. The fourth-order valence-electron chi connectivity index (χ4n) is 3.48. The highest BCUT2D eigenvalue weighted by atomic mass is 16.5. The molecular formula is C17H26N2O2. The minimum absolute atomic E-state index is 0.260. The van der Waals surface area contributed by atoms with Gasteiger partial charge in [0.25, 0.3) is 0 Å². The zero-order valence-electron chi connectivity index (χ0n) is 13.3. The fourth-order valence-corrected chi connectivity index (χ4v) is 3.48. The van der Waals surface area contributed by atoms with Crippen LogP contribution in [0.25, 0.3) is 0 Å². The van der Waals surface area contributed by atoms with E-state index in [9.17, 15) is 0 Å². The Bertz CT molecular complexity index is 532. The number of likely N-dealkylation sites (tertiary alicyclic amines) is 1. The van der Waals surface area contributed by atoms with Crippen LogP contribution in [0.3, 0.4) is 0 Å². The molecule has 1 aromatic carbocycles.